The van der Waals surface area contributed by atoms with Crippen molar-refractivity contribution in [3.8, 4) is 0 Å². The van der Waals surface area contributed by atoms with Crippen LogP contribution in [0.3, 0.4) is 0 Å². The van der Waals surface area contributed by atoms with Gasteiger partial charge >= 0.3 is 5.97 Å². The Morgan fingerprint density at radius 2 is 2.50 bits per heavy atom. The second kappa shape index (κ2) is 5.54. The summed E-state index contributed by atoms with van der Waals surface area (Å²) in [6, 6.07) is 0. The van der Waals surface area contributed by atoms with Gasteiger partial charge in [0.15, 0.2) is 0 Å². The van der Waals surface area contributed by atoms with E-state index in [1.54, 1.807) is 0 Å². The normalized spacial score (nSPS) is 10.1. The molecule has 0 saturated heterocycles. The molecule has 1 rings (SSSR count). The number of nitrogens with zero attached hydrogens (tertiary/aromatic N) is 1. The summed E-state index contributed by atoms with van der Waals surface area (Å²) in [6.45, 7) is 2.47. The Labute approximate surface area is 86.5 Å². The molecule has 0 aliphatic rings. The summed E-state index contributed by atoms with van der Waals surface area (Å²) in [5, 5.41) is 6.12. The molecular weight excluding hydrogens is 204 g/mol. The van der Waals surface area contributed by atoms with Crippen LogP contribution in [0.25, 0.3) is 0 Å². The third kappa shape index (κ3) is 3.69. The maximum Gasteiger partial charge on any atom is 0.315 e. The van der Waals surface area contributed by atoms with Gasteiger partial charge in [0, 0.05) is 0 Å². The number of carbonyl (C=O) groups excluding carboxylic acids is 1. The number of unbranched alkanes of at least 4 members (excludes halogenated alkanes) is 1. The zero-order valence-electron chi connectivity index (χ0n) is 7.91. The van der Waals surface area contributed by atoms with Gasteiger partial charge in [-0.3, -0.25) is 4.79 Å². The number of esters is 1. The molecule has 0 aliphatic carbocycles. The zero-order chi connectivity index (χ0) is 10.4. The van der Waals surface area contributed by atoms with Gasteiger partial charge in [-0.25, -0.2) is 5.10 Å². The van der Waals surface area contributed by atoms with E-state index in [4.69, 9.17) is 9.15 Å². The molecule has 0 aliphatic heterocycles. The Hall–Kier alpha value is -1.17. The van der Waals surface area contributed by atoms with E-state index in [0.717, 1.165) is 12.8 Å². The predicted molar refractivity (Wildman–Crippen MR) is 51.3 cm³/mol. The molecule has 1 heterocycles. The average Bonchev–Trinajstić information content (AvgIpc) is 2.52. The molecule has 5 nitrogen and oxygen atoms in total. The number of rotatable bonds is 5. The highest BCUT2D eigenvalue weighted by atomic mass is 32.1. The highest BCUT2D eigenvalue weighted by Gasteiger charge is 2.08. The molecule has 0 amide bonds. The number of hydrogen-bond donors (Lipinski definition) is 1. The first kappa shape index (κ1) is 10.9. The van der Waals surface area contributed by atoms with Gasteiger partial charge in [0.1, 0.15) is 6.42 Å². The molecule has 14 heavy (non-hydrogen) atoms. The molecule has 0 saturated carbocycles. The van der Waals surface area contributed by atoms with Gasteiger partial charge in [-0.15, -0.1) is 5.10 Å². The first-order valence-electron chi connectivity index (χ1n) is 4.42. The van der Waals surface area contributed by atoms with Crippen LogP contribution in [0.2, 0.25) is 0 Å². The number of hydrogen-bond acceptors (Lipinski definition) is 5. The lowest BCUT2D eigenvalue weighted by molar-refractivity contribution is -0.143. The molecule has 0 radical (unpaired) electrons. The number of ether oxygens (including phenoxy) is 1. The fraction of sp³-hybridized carbons (Fsp3) is 0.625. The summed E-state index contributed by atoms with van der Waals surface area (Å²) in [5.41, 5.74) is 0. The SMILES string of the molecule is CCCCOC(=O)Cc1n[nH]c(=S)o1. The molecule has 0 atom stereocenters. The molecule has 0 fully saturated rings. The molecule has 78 valence electrons. The van der Waals surface area contributed by atoms with Crippen LogP contribution in [0.5, 0.6) is 0 Å². The summed E-state index contributed by atoms with van der Waals surface area (Å²) >= 11 is 4.66. The lowest BCUT2D eigenvalue weighted by Gasteiger charge is -2.00. The Balaban J connectivity index is 2.30. The smallest absolute Gasteiger partial charge is 0.315 e. The van der Waals surface area contributed by atoms with Crippen LogP contribution >= 0.6 is 12.2 Å². The number of aromatic nitrogens is 2. The highest BCUT2D eigenvalue weighted by Crippen LogP contribution is 1.98. The Morgan fingerprint density at radius 1 is 1.71 bits per heavy atom. The van der Waals surface area contributed by atoms with Gasteiger partial charge < -0.3 is 9.15 Å². The summed E-state index contributed by atoms with van der Waals surface area (Å²) in [6.07, 6.45) is 1.89. The van der Waals surface area contributed by atoms with Crippen LogP contribution in [0.1, 0.15) is 25.7 Å². The molecule has 0 aromatic carbocycles. The second-order valence-corrected chi connectivity index (χ2v) is 3.13. The second-order valence-electron chi connectivity index (χ2n) is 2.76. The van der Waals surface area contributed by atoms with Crippen molar-refractivity contribution in [1.29, 1.82) is 0 Å². The monoisotopic (exact) mass is 216 g/mol. The lowest BCUT2D eigenvalue weighted by Crippen LogP contribution is -2.09. The molecule has 0 spiro atoms. The largest absolute Gasteiger partial charge is 0.465 e. The third-order valence-corrected chi connectivity index (χ3v) is 1.71. The summed E-state index contributed by atoms with van der Waals surface area (Å²) in [5.74, 6) is -0.0831. The number of nitrogens with one attached hydrogen (secondary N) is 1. The van der Waals surface area contributed by atoms with Crippen LogP contribution in [0.4, 0.5) is 0 Å². The average molecular weight is 216 g/mol. The van der Waals surface area contributed by atoms with E-state index in [-0.39, 0.29) is 23.1 Å². The van der Waals surface area contributed by atoms with Crippen molar-refractivity contribution in [2.45, 2.75) is 26.2 Å². The Morgan fingerprint density at radius 3 is 3.07 bits per heavy atom. The van der Waals surface area contributed by atoms with Crippen molar-refractivity contribution in [3.63, 3.8) is 0 Å². The van der Waals surface area contributed by atoms with E-state index in [2.05, 4.69) is 22.4 Å². The maximum atomic E-state index is 11.1. The predicted octanol–water partition coefficient (Wildman–Crippen LogP) is 1.62. The van der Waals surface area contributed by atoms with Gasteiger partial charge in [0.2, 0.25) is 5.89 Å². The molecule has 6 heteroatoms. The number of H-pyrrole nitrogens is 1. The van der Waals surface area contributed by atoms with E-state index in [1.807, 2.05) is 6.92 Å². The summed E-state index contributed by atoms with van der Waals surface area (Å²) < 4.78 is 9.82. The van der Waals surface area contributed by atoms with Crippen LogP contribution in [0, 0.1) is 4.84 Å². The minimum Gasteiger partial charge on any atom is -0.465 e. The van der Waals surface area contributed by atoms with Gasteiger partial charge in [0.25, 0.3) is 4.84 Å². The molecule has 1 N–H and O–H groups in total. The maximum absolute atomic E-state index is 11.1. The van der Waals surface area contributed by atoms with E-state index in [1.165, 1.54) is 0 Å². The molecule has 0 bridgehead atoms. The van der Waals surface area contributed by atoms with Crippen LogP contribution in [-0.4, -0.2) is 22.8 Å². The van der Waals surface area contributed by atoms with E-state index < -0.39 is 0 Å². The Bertz CT molecular complexity index is 344. The van der Waals surface area contributed by atoms with Crippen molar-refractivity contribution in [2.24, 2.45) is 0 Å². The number of carbonyl (C=O) groups is 1. The van der Waals surface area contributed by atoms with Crippen molar-refractivity contribution < 1.29 is 13.9 Å². The Kier molecular flexibility index (Phi) is 4.31. The topological polar surface area (TPSA) is 68.1 Å². The highest BCUT2D eigenvalue weighted by molar-refractivity contribution is 7.71. The standard InChI is InChI=1S/C8H12N2O3S/c1-2-3-4-12-7(11)5-6-9-10-8(14)13-6/h2-5H2,1H3,(H,10,14). The van der Waals surface area contributed by atoms with E-state index in [0.29, 0.717) is 6.61 Å². The van der Waals surface area contributed by atoms with E-state index >= 15 is 0 Å². The third-order valence-electron chi connectivity index (χ3n) is 1.54. The molecule has 0 unspecified atom stereocenters. The van der Waals surface area contributed by atoms with Crippen molar-refractivity contribution in [2.75, 3.05) is 6.61 Å². The van der Waals surface area contributed by atoms with Crippen molar-refractivity contribution >= 4 is 18.2 Å². The summed E-state index contributed by atoms with van der Waals surface area (Å²) in [7, 11) is 0. The first-order chi connectivity index (χ1) is 6.72. The van der Waals surface area contributed by atoms with E-state index in [9.17, 15) is 4.79 Å². The van der Waals surface area contributed by atoms with Crippen molar-refractivity contribution in [3.05, 3.63) is 10.7 Å². The first-order valence-corrected chi connectivity index (χ1v) is 4.83. The fourth-order valence-corrected chi connectivity index (χ4v) is 0.983. The number of aromatic amines is 1. The summed E-state index contributed by atoms with van der Waals surface area (Å²) in [4.78, 5) is 11.3. The van der Waals surface area contributed by atoms with Gasteiger partial charge in [-0.05, 0) is 18.6 Å². The van der Waals surface area contributed by atoms with Gasteiger partial charge in [-0.2, -0.15) is 0 Å². The van der Waals surface area contributed by atoms with Gasteiger partial charge in [-0.1, -0.05) is 13.3 Å². The minimum absolute atomic E-state index is 0.0247. The fourth-order valence-electron chi connectivity index (χ4n) is 0.841. The lowest BCUT2D eigenvalue weighted by atomic mass is 10.3. The molecular formula is C8H12N2O3S. The van der Waals surface area contributed by atoms with Crippen LogP contribution in [0.15, 0.2) is 4.42 Å². The van der Waals surface area contributed by atoms with Gasteiger partial charge in [0.05, 0.1) is 6.61 Å². The molecule has 1 aromatic rings. The minimum atomic E-state index is -0.344. The molecule has 1 aromatic heterocycles. The van der Waals surface area contributed by atoms with Crippen LogP contribution in [-0.2, 0) is 16.0 Å². The quantitative estimate of drug-likeness (QED) is 0.460. The zero-order valence-corrected chi connectivity index (χ0v) is 8.73. The van der Waals surface area contributed by atoms with Crippen molar-refractivity contribution in [1.82, 2.24) is 10.2 Å². The van der Waals surface area contributed by atoms with Crippen LogP contribution < -0.4 is 0 Å².